The van der Waals surface area contributed by atoms with E-state index in [9.17, 15) is 18.0 Å². The van der Waals surface area contributed by atoms with Crippen LogP contribution in [0.1, 0.15) is 21.7 Å². The van der Waals surface area contributed by atoms with Crippen LogP contribution in [0.15, 0.2) is 48.5 Å². The number of carbonyl (C=O) groups is 1. The van der Waals surface area contributed by atoms with Crippen molar-refractivity contribution < 1.29 is 22.7 Å². The van der Waals surface area contributed by atoms with Crippen LogP contribution in [-0.4, -0.2) is 23.0 Å². The summed E-state index contributed by atoms with van der Waals surface area (Å²) >= 11 is 0. The second kappa shape index (κ2) is 6.37. The van der Waals surface area contributed by atoms with E-state index < -0.39 is 17.8 Å². The first-order valence-corrected chi connectivity index (χ1v) is 8.48. The molecular weight excluding hydrogens is 369 g/mol. The summed E-state index contributed by atoms with van der Waals surface area (Å²) < 4.78 is 46.5. The first-order chi connectivity index (χ1) is 13.3. The van der Waals surface area contributed by atoms with Crippen LogP contribution >= 0.6 is 0 Å². The summed E-state index contributed by atoms with van der Waals surface area (Å²) in [5, 5.41) is 0.351. The zero-order valence-corrected chi connectivity index (χ0v) is 15.0. The highest BCUT2D eigenvalue weighted by Gasteiger charge is 2.38. The molecule has 0 atom stereocenters. The van der Waals surface area contributed by atoms with Crippen LogP contribution in [0.5, 0.6) is 0 Å². The van der Waals surface area contributed by atoms with Crippen molar-refractivity contribution in [3.8, 4) is 11.1 Å². The predicted octanol–water partition coefficient (Wildman–Crippen LogP) is 5.50. The number of carbonyl (C=O) groups excluding carboxylic acids is 1. The number of nitrogens with one attached hydrogen (secondary N) is 1. The lowest BCUT2D eigenvalue weighted by Gasteiger charge is -2.12. The van der Waals surface area contributed by atoms with Gasteiger partial charge in [0.2, 0.25) is 0 Å². The van der Waals surface area contributed by atoms with Gasteiger partial charge in [-0.05, 0) is 18.6 Å². The van der Waals surface area contributed by atoms with E-state index in [2.05, 4.69) is 9.97 Å². The number of nitrogens with zero attached hydrogens (tertiary/aromatic N) is 1. The lowest BCUT2D eigenvalue weighted by Crippen LogP contribution is -2.09. The Morgan fingerprint density at radius 2 is 1.75 bits per heavy atom. The average molecular weight is 384 g/mol. The Morgan fingerprint density at radius 3 is 2.39 bits per heavy atom. The van der Waals surface area contributed by atoms with Crippen LogP contribution < -0.4 is 0 Å². The van der Waals surface area contributed by atoms with Crippen molar-refractivity contribution in [3.63, 3.8) is 0 Å². The number of hydrogen-bond acceptors (Lipinski definition) is 3. The molecule has 0 saturated heterocycles. The largest absolute Gasteiger partial charge is 0.464 e. The Bertz CT molecular complexity index is 1210. The quantitative estimate of drug-likeness (QED) is 0.465. The molecule has 4 nitrogen and oxygen atoms in total. The summed E-state index contributed by atoms with van der Waals surface area (Å²) in [4.78, 5) is 19.1. The van der Waals surface area contributed by atoms with Crippen molar-refractivity contribution in [2.75, 3.05) is 7.11 Å². The highest BCUT2D eigenvalue weighted by Crippen LogP contribution is 2.43. The van der Waals surface area contributed by atoms with Crippen LogP contribution in [0.25, 0.3) is 32.9 Å². The van der Waals surface area contributed by atoms with Crippen molar-refractivity contribution in [3.05, 3.63) is 65.5 Å². The number of H-pyrrole nitrogens is 1. The number of halogens is 3. The molecule has 0 bridgehead atoms. The number of rotatable bonds is 2. The fourth-order valence-corrected chi connectivity index (χ4v) is 3.37. The normalized spacial score (nSPS) is 11.9. The van der Waals surface area contributed by atoms with Crippen LogP contribution in [-0.2, 0) is 10.9 Å². The second-order valence-corrected chi connectivity index (χ2v) is 6.46. The number of benzene rings is 2. The van der Waals surface area contributed by atoms with Gasteiger partial charge in [0.25, 0.3) is 0 Å². The van der Waals surface area contributed by atoms with Crippen molar-refractivity contribution in [2.24, 2.45) is 0 Å². The maximum absolute atomic E-state index is 13.9. The summed E-state index contributed by atoms with van der Waals surface area (Å²) in [6, 6.07) is 13.4. The minimum absolute atomic E-state index is 0.0370. The van der Waals surface area contributed by atoms with Crippen molar-refractivity contribution >= 4 is 27.8 Å². The minimum Gasteiger partial charge on any atom is -0.464 e. The number of methoxy groups -OCH3 is 1. The molecule has 0 amide bonds. The number of para-hydroxylation sites is 1. The third-order valence-corrected chi connectivity index (χ3v) is 4.64. The maximum atomic E-state index is 13.9. The summed E-state index contributed by atoms with van der Waals surface area (Å²) in [6.07, 6.45) is -4.70. The number of aryl methyl sites for hydroxylation is 1. The molecular formula is C21H15F3N2O2. The zero-order chi connectivity index (χ0) is 20.1. The van der Waals surface area contributed by atoms with Crippen LogP contribution in [0, 0.1) is 6.92 Å². The number of aromatic nitrogens is 2. The lowest BCUT2D eigenvalue weighted by atomic mass is 9.98. The smallest absolute Gasteiger partial charge is 0.434 e. The fourth-order valence-electron chi connectivity index (χ4n) is 3.37. The molecule has 0 fully saturated rings. The average Bonchev–Trinajstić information content (AvgIpc) is 3.07. The molecule has 4 rings (SSSR count). The van der Waals surface area contributed by atoms with E-state index in [0.717, 1.165) is 5.56 Å². The van der Waals surface area contributed by atoms with Gasteiger partial charge in [0.05, 0.1) is 18.1 Å². The second-order valence-electron chi connectivity index (χ2n) is 6.46. The van der Waals surface area contributed by atoms with Gasteiger partial charge in [0, 0.05) is 16.3 Å². The summed E-state index contributed by atoms with van der Waals surface area (Å²) in [6.45, 7) is 1.87. The highest BCUT2D eigenvalue weighted by atomic mass is 19.4. The Labute approximate surface area is 158 Å². The molecule has 0 saturated carbocycles. The van der Waals surface area contributed by atoms with E-state index in [1.54, 1.807) is 42.5 Å². The molecule has 1 N–H and O–H groups in total. The van der Waals surface area contributed by atoms with E-state index in [-0.39, 0.29) is 27.7 Å². The Kier molecular flexibility index (Phi) is 4.10. The number of alkyl halides is 3. The minimum atomic E-state index is -4.70. The van der Waals surface area contributed by atoms with Gasteiger partial charge < -0.3 is 9.72 Å². The van der Waals surface area contributed by atoms with Crippen molar-refractivity contribution in [1.82, 2.24) is 9.97 Å². The standard InChI is InChI=1S/C21H15F3N2O2/c1-11-7-9-12(10-8-11)15-16-17(26-18(15)20(27)28-2)13-5-3-4-6-14(13)25-19(16)21(22,23)24/h3-10,26H,1-2H3. The molecule has 7 heteroatoms. The zero-order valence-electron chi connectivity index (χ0n) is 15.0. The van der Waals surface area contributed by atoms with Gasteiger partial charge in [-0.15, -0.1) is 0 Å². The molecule has 0 unspecified atom stereocenters. The number of pyridine rings is 1. The Balaban J connectivity index is 2.23. The van der Waals surface area contributed by atoms with E-state index in [1.807, 2.05) is 6.92 Å². The molecule has 0 aliphatic heterocycles. The Morgan fingerprint density at radius 1 is 1.07 bits per heavy atom. The van der Waals surface area contributed by atoms with E-state index in [0.29, 0.717) is 10.9 Å². The SMILES string of the molecule is COC(=O)c1[nH]c2c(c(C(F)(F)F)nc3ccccc32)c1-c1ccc(C)cc1. The van der Waals surface area contributed by atoms with Crippen molar-refractivity contribution in [1.29, 1.82) is 0 Å². The van der Waals surface area contributed by atoms with Gasteiger partial charge in [-0.3, -0.25) is 0 Å². The first-order valence-electron chi connectivity index (χ1n) is 8.48. The van der Waals surface area contributed by atoms with E-state index in [4.69, 9.17) is 4.74 Å². The van der Waals surface area contributed by atoms with E-state index >= 15 is 0 Å². The fraction of sp³-hybridized carbons (Fsp3) is 0.143. The third-order valence-electron chi connectivity index (χ3n) is 4.64. The van der Waals surface area contributed by atoms with Gasteiger partial charge in [-0.1, -0.05) is 48.0 Å². The third kappa shape index (κ3) is 2.79. The summed E-state index contributed by atoms with van der Waals surface area (Å²) in [5.41, 5.74) is 0.868. The van der Waals surface area contributed by atoms with Crippen molar-refractivity contribution in [2.45, 2.75) is 13.1 Å². The topological polar surface area (TPSA) is 55.0 Å². The first kappa shape index (κ1) is 18.0. The molecule has 2 heterocycles. The predicted molar refractivity (Wildman–Crippen MR) is 100 cm³/mol. The van der Waals surface area contributed by atoms with Crippen LogP contribution in [0.2, 0.25) is 0 Å². The van der Waals surface area contributed by atoms with Gasteiger partial charge in [0.1, 0.15) is 5.69 Å². The number of hydrogen-bond donors (Lipinski definition) is 1. The monoisotopic (exact) mass is 384 g/mol. The van der Waals surface area contributed by atoms with Gasteiger partial charge in [0.15, 0.2) is 5.69 Å². The van der Waals surface area contributed by atoms with E-state index in [1.165, 1.54) is 13.2 Å². The molecule has 0 radical (unpaired) electrons. The highest BCUT2D eigenvalue weighted by molar-refractivity contribution is 6.16. The van der Waals surface area contributed by atoms with Gasteiger partial charge >= 0.3 is 12.1 Å². The molecule has 2 aromatic heterocycles. The van der Waals surface area contributed by atoms with Gasteiger partial charge in [-0.25, -0.2) is 9.78 Å². The maximum Gasteiger partial charge on any atom is 0.434 e. The molecule has 142 valence electrons. The number of fused-ring (bicyclic) bond motifs is 3. The van der Waals surface area contributed by atoms with Gasteiger partial charge in [-0.2, -0.15) is 13.2 Å². The molecule has 2 aromatic carbocycles. The number of aromatic amines is 1. The number of esters is 1. The van der Waals surface area contributed by atoms with Crippen LogP contribution in [0.4, 0.5) is 13.2 Å². The summed E-state index contributed by atoms with van der Waals surface area (Å²) in [5.74, 6) is -0.746. The van der Waals surface area contributed by atoms with Crippen LogP contribution in [0.3, 0.4) is 0 Å². The number of ether oxygens (including phenoxy) is 1. The molecule has 0 aliphatic rings. The molecule has 28 heavy (non-hydrogen) atoms. The summed E-state index contributed by atoms with van der Waals surface area (Å²) in [7, 11) is 1.19. The molecule has 0 spiro atoms. The lowest BCUT2D eigenvalue weighted by molar-refractivity contribution is -0.139. The Hall–Kier alpha value is -3.35. The molecule has 4 aromatic rings. The molecule has 0 aliphatic carbocycles.